The summed E-state index contributed by atoms with van der Waals surface area (Å²) in [5.41, 5.74) is -0.339. The van der Waals surface area contributed by atoms with E-state index in [1.807, 2.05) is 0 Å². The van der Waals surface area contributed by atoms with Gasteiger partial charge in [0.05, 0.1) is 23.1 Å². The molecule has 2 aromatic carbocycles. The number of hydrogen-bond acceptors (Lipinski definition) is 7. The van der Waals surface area contributed by atoms with Crippen LogP contribution in [0.25, 0.3) is 10.9 Å². The van der Waals surface area contributed by atoms with Crippen molar-refractivity contribution in [3.8, 4) is 0 Å². The monoisotopic (exact) mass is 429 g/mol. The summed E-state index contributed by atoms with van der Waals surface area (Å²) >= 11 is 0. The number of aliphatic hydroxyl groups excluding tert-OH is 1. The van der Waals surface area contributed by atoms with Crippen molar-refractivity contribution >= 4 is 38.6 Å². The molecule has 0 aliphatic carbocycles. The van der Waals surface area contributed by atoms with Gasteiger partial charge in [-0.25, -0.2) is 22.0 Å². The number of ketones is 1. The molecule has 30 heavy (non-hydrogen) atoms. The van der Waals surface area contributed by atoms with Crippen LogP contribution in [-0.4, -0.2) is 47.4 Å². The topological polar surface area (TPSA) is 140 Å². The number of aromatic nitrogens is 1. The third-order valence-electron chi connectivity index (χ3n) is 4.25. The van der Waals surface area contributed by atoms with E-state index < -0.39 is 33.5 Å². The van der Waals surface area contributed by atoms with Gasteiger partial charge < -0.3 is 14.9 Å². The number of benzene rings is 2. The molecule has 9 nitrogen and oxygen atoms in total. The van der Waals surface area contributed by atoms with Crippen LogP contribution in [-0.2, 0) is 19.6 Å². The second kappa shape index (κ2) is 7.84. The smallest absolute Gasteiger partial charge is 0.373 e. The third kappa shape index (κ3) is 3.67. The Bertz CT molecular complexity index is 1300. The summed E-state index contributed by atoms with van der Waals surface area (Å²) in [5.74, 6) is -4.33. The summed E-state index contributed by atoms with van der Waals surface area (Å²) in [6.07, 6.45) is 1.59. The van der Waals surface area contributed by atoms with Crippen molar-refractivity contribution < 1.29 is 37.8 Å². The number of fused-ring (bicyclic) bond motifs is 1. The van der Waals surface area contributed by atoms with E-state index in [9.17, 15) is 33.0 Å². The van der Waals surface area contributed by atoms with E-state index in [-0.39, 0.29) is 26.9 Å². The maximum atomic E-state index is 13.1. The predicted molar refractivity (Wildman–Crippen MR) is 105 cm³/mol. The number of aliphatic hydroxyl groups is 1. The Kier molecular flexibility index (Phi) is 5.43. The van der Waals surface area contributed by atoms with E-state index >= 15 is 0 Å². The van der Waals surface area contributed by atoms with Crippen molar-refractivity contribution in [1.29, 1.82) is 0 Å². The molecule has 10 heteroatoms. The maximum Gasteiger partial charge on any atom is 0.373 e. The summed E-state index contributed by atoms with van der Waals surface area (Å²) in [5, 5.41) is 18.9. The number of allylic oxidation sites excluding steroid dienone is 1. The second-order valence-electron chi connectivity index (χ2n) is 6.08. The molecule has 0 saturated carbocycles. The SMILES string of the molecule is COC(=O)C(O)=CC(=O)c1cn(S(=O)(=O)c2ccccc2)c2ccc(C(=O)O)cc12. The normalized spacial score (nSPS) is 12.0. The van der Waals surface area contributed by atoms with Gasteiger partial charge in [-0.05, 0) is 30.3 Å². The molecule has 3 rings (SSSR count). The van der Waals surface area contributed by atoms with Crippen molar-refractivity contribution in [2.24, 2.45) is 0 Å². The highest BCUT2D eigenvalue weighted by atomic mass is 32.2. The number of hydrogen-bond donors (Lipinski definition) is 2. The Morgan fingerprint density at radius 1 is 1.03 bits per heavy atom. The van der Waals surface area contributed by atoms with Crippen LogP contribution >= 0.6 is 0 Å². The zero-order valence-corrected chi connectivity index (χ0v) is 16.3. The molecular formula is C20H15NO8S. The number of carboxylic acid groups (broad SMARTS) is 1. The third-order valence-corrected chi connectivity index (χ3v) is 5.93. The summed E-state index contributed by atoms with van der Waals surface area (Å²) in [7, 11) is -3.11. The van der Waals surface area contributed by atoms with E-state index in [1.165, 1.54) is 36.4 Å². The highest BCUT2D eigenvalue weighted by Crippen LogP contribution is 2.28. The largest absolute Gasteiger partial charge is 0.502 e. The molecule has 3 aromatic rings. The first-order valence-corrected chi connectivity index (χ1v) is 9.83. The Morgan fingerprint density at radius 3 is 2.30 bits per heavy atom. The molecule has 1 heterocycles. The Balaban J connectivity index is 2.28. The minimum atomic E-state index is -4.12. The molecule has 0 amide bonds. The lowest BCUT2D eigenvalue weighted by Gasteiger charge is -2.07. The zero-order chi connectivity index (χ0) is 22.1. The number of carbonyl (C=O) groups is 3. The zero-order valence-electron chi connectivity index (χ0n) is 15.5. The molecule has 0 aliphatic heterocycles. The molecule has 0 saturated heterocycles. The van der Waals surface area contributed by atoms with Crippen molar-refractivity contribution in [2.75, 3.05) is 7.11 Å². The fourth-order valence-corrected chi connectivity index (χ4v) is 4.19. The Labute approximate surface area is 170 Å². The van der Waals surface area contributed by atoms with E-state index in [0.29, 0.717) is 6.08 Å². The van der Waals surface area contributed by atoms with E-state index in [0.717, 1.165) is 23.3 Å². The van der Waals surface area contributed by atoms with Gasteiger partial charge in [-0.2, -0.15) is 0 Å². The van der Waals surface area contributed by atoms with Crippen molar-refractivity contribution in [1.82, 2.24) is 3.97 Å². The van der Waals surface area contributed by atoms with Gasteiger partial charge in [0.25, 0.3) is 10.0 Å². The van der Waals surface area contributed by atoms with Crippen LogP contribution in [0, 0.1) is 0 Å². The van der Waals surface area contributed by atoms with Gasteiger partial charge in [-0.3, -0.25) is 4.79 Å². The number of methoxy groups -OCH3 is 1. The molecule has 0 bridgehead atoms. The lowest BCUT2D eigenvalue weighted by atomic mass is 10.1. The first kappa shape index (κ1) is 20.8. The van der Waals surface area contributed by atoms with Crippen LogP contribution in [0.2, 0.25) is 0 Å². The van der Waals surface area contributed by atoms with Crippen LogP contribution in [0.1, 0.15) is 20.7 Å². The maximum absolute atomic E-state index is 13.1. The van der Waals surface area contributed by atoms with Crippen LogP contribution in [0.5, 0.6) is 0 Å². The van der Waals surface area contributed by atoms with Crippen LogP contribution in [0.15, 0.2) is 71.5 Å². The quantitative estimate of drug-likeness (QED) is 0.263. The van der Waals surface area contributed by atoms with Crippen LogP contribution in [0.3, 0.4) is 0 Å². The average molecular weight is 429 g/mol. The van der Waals surface area contributed by atoms with Gasteiger partial charge in [0.1, 0.15) is 0 Å². The van der Waals surface area contributed by atoms with Gasteiger partial charge in [0, 0.05) is 23.2 Å². The molecular weight excluding hydrogens is 414 g/mol. The average Bonchev–Trinajstić information content (AvgIpc) is 3.13. The minimum Gasteiger partial charge on any atom is -0.502 e. The number of carboxylic acids is 1. The summed E-state index contributed by atoms with van der Waals surface area (Å²) < 4.78 is 31.3. The van der Waals surface area contributed by atoms with Gasteiger partial charge >= 0.3 is 11.9 Å². The van der Waals surface area contributed by atoms with Gasteiger partial charge in [0.2, 0.25) is 5.76 Å². The van der Waals surface area contributed by atoms with Gasteiger partial charge in [-0.1, -0.05) is 18.2 Å². The molecule has 2 N–H and O–H groups in total. The van der Waals surface area contributed by atoms with Gasteiger partial charge in [0.15, 0.2) is 5.78 Å². The number of rotatable bonds is 6. The lowest BCUT2D eigenvalue weighted by Crippen LogP contribution is -2.12. The van der Waals surface area contributed by atoms with E-state index in [2.05, 4.69) is 4.74 Å². The molecule has 1 aromatic heterocycles. The summed E-state index contributed by atoms with van der Waals surface area (Å²) in [6.45, 7) is 0. The first-order valence-electron chi connectivity index (χ1n) is 8.39. The molecule has 0 unspecified atom stereocenters. The fourth-order valence-electron chi connectivity index (χ4n) is 2.80. The standard InChI is InChI=1S/C20H15NO8S/c1-29-20(26)18(23)10-17(22)15-11-21(30(27,28)13-5-3-2-4-6-13)16-8-7-12(19(24)25)9-14(15)16/h2-11,23H,1H3,(H,24,25). The van der Waals surface area contributed by atoms with Crippen LogP contribution < -0.4 is 0 Å². The summed E-state index contributed by atoms with van der Waals surface area (Å²) in [4.78, 5) is 35.3. The molecule has 0 atom stereocenters. The lowest BCUT2D eigenvalue weighted by molar-refractivity contribution is -0.139. The second-order valence-corrected chi connectivity index (χ2v) is 7.89. The molecule has 0 radical (unpaired) electrons. The number of aromatic carboxylic acids is 1. The highest BCUT2D eigenvalue weighted by molar-refractivity contribution is 7.90. The number of carbonyl (C=O) groups excluding carboxylic acids is 2. The molecule has 0 aliphatic rings. The van der Waals surface area contributed by atoms with Crippen molar-refractivity contribution in [3.05, 3.63) is 77.7 Å². The Hall–Kier alpha value is -3.92. The fraction of sp³-hybridized carbons (Fsp3) is 0.0500. The van der Waals surface area contributed by atoms with E-state index in [4.69, 9.17) is 0 Å². The molecule has 0 spiro atoms. The molecule has 0 fully saturated rings. The van der Waals surface area contributed by atoms with Crippen molar-refractivity contribution in [2.45, 2.75) is 4.90 Å². The van der Waals surface area contributed by atoms with Crippen molar-refractivity contribution in [3.63, 3.8) is 0 Å². The van der Waals surface area contributed by atoms with Crippen LogP contribution in [0.4, 0.5) is 0 Å². The van der Waals surface area contributed by atoms with E-state index in [1.54, 1.807) is 6.07 Å². The number of esters is 1. The minimum absolute atomic E-state index is 0.0216. The highest BCUT2D eigenvalue weighted by Gasteiger charge is 2.24. The predicted octanol–water partition coefficient (Wildman–Crippen LogP) is 2.37. The Morgan fingerprint density at radius 2 is 1.70 bits per heavy atom. The summed E-state index contributed by atoms with van der Waals surface area (Å²) in [6, 6.07) is 11.1. The van der Waals surface area contributed by atoms with Gasteiger partial charge in [-0.15, -0.1) is 0 Å². The molecule has 154 valence electrons. The number of ether oxygens (including phenoxy) is 1. The first-order chi connectivity index (χ1) is 14.2. The number of nitrogens with zero attached hydrogens (tertiary/aromatic N) is 1.